The van der Waals surface area contributed by atoms with Crippen molar-refractivity contribution in [1.82, 2.24) is 5.32 Å². The van der Waals surface area contributed by atoms with Gasteiger partial charge in [0.2, 0.25) is 0 Å². The summed E-state index contributed by atoms with van der Waals surface area (Å²) in [6.45, 7) is 0. The number of ether oxygens (including phenoxy) is 2. The number of methoxy groups -OCH3 is 2. The molecule has 2 rings (SSSR count). The zero-order chi connectivity index (χ0) is 12.4. The smallest absolute Gasteiger partial charge is 0.163 e. The summed E-state index contributed by atoms with van der Waals surface area (Å²) in [6.07, 6.45) is 2.30. The van der Waals surface area contributed by atoms with Gasteiger partial charge < -0.3 is 14.8 Å². The molecule has 0 aliphatic heterocycles. The van der Waals surface area contributed by atoms with E-state index in [4.69, 9.17) is 9.47 Å². The number of halogens is 1. The third-order valence-electron chi connectivity index (χ3n) is 3.24. The largest absolute Gasteiger partial charge is 0.493 e. The Bertz CT molecular complexity index is 405. The molecule has 1 unspecified atom stereocenters. The Morgan fingerprint density at radius 2 is 1.82 bits per heavy atom. The lowest BCUT2D eigenvalue weighted by molar-refractivity contribution is 0.349. The van der Waals surface area contributed by atoms with Crippen molar-refractivity contribution in [2.24, 2.45) is 5.92 Å². The molecule has 17 heavy (non-hydrogen) atoms. The van der Waals surface area contributed by atoms with Gasteiger partial charge in [-0.1, -0.05) is 0 Å². The van der Waals surface area contributed by atoms with Crippen LogP contribution in [0.3, 0.4) is 0 Å². The van der Waals surface area contributed by atoms with Crippen LogP contribution in [0.15, 0.2) is 12.1 Å². The summed E-state index contributed by atoms with van der Waals surface area (Å²) in [7, 11) is 4.93. The summed E-state index contributed by atoms with van der Waals surface area (Å²) in [5.74, 6) is 1.30. The van der Waals surface area contributed by atoms with E-state index < -0.39 is 0 Å². The molecule has 1 aromatic rings. The second-order valence-corrected chi connectivity index (χ2v) is 4.33. The third-order valence-corrected chi connectivity index (χ3v) is 3.24. The van der Waals surface area contributed by atoms with Crippen molar-refractivity contribution < 1.29 is 13.9 Å². The van der Waals surface area contributed by atoms with Crippen molar-refractivity contribution in [1.29, 1.82) is 0 Å². The summed E-state index contributed by atoms with van der Waals surface area (Å²) < 4.78 is 24.3. The predicted molar refractivity (Wildman–Crippen MR) is 64.0 cm³/mol. The Morgan fingerprint density at radius 1 is 1.24 bits per heavy atom. The highest BCUT2D eigenvalue weighted by atomic mass is 19.1. The molecule has 0 heterocycles. The first-order valence-corrected chi connectivity index (χ1v) is 5.80. The van der Waals surface area contributed by atoms with Crippen LogP contribution < -0.4 is 14.8 Å². The van der Waals surface area contributed by atoms with Crippen molar-refractivity contribution in [3.05, 3.63) is 23.5 Å². The van der Waals surface area contributed by atoms with Gasteiger partial charge in [-0.3, -0.25) is 0 Å². The van der Waals surface area contributed by atoms with Crippen LogP contribution in [-0.4, -0.2) is 21.3 Å². The van der Waals surface area contributed by atoms with Gasteiger partial charge in [0.1, 0.15) is 5.82 Å². The topological polar surface area (TPSA) is 30.5 Å². The number of nitrogens with one attached hydrogen (secondary N) is 1. The van der Waals surface area contributed by atoms with Crippen molar-refractivity contribution >= 4 is 0 Å². The summed E-state index contributed by atoms with van der Waals surface area (Å²) in [4.78, 5) is 0. The Labute approximate surface area is 101 Å². The molecule has 4 heteroatoms. The Kier molecular flexibility index (Phi) is 3.52. The minimum absolute atomic E-state index is 0.0646. The van der Waals surface area contributed by atoms with Crippen LogP contribution in [-0.2, 0) is 0 Å². The number of hydrogen-bond donors (Lipinski definition) is 1. The fourth-order valence-electron chi connectivity index (χ4n) is 2.18. The van der Waals surface area contributed by atoms with Crippen LogP contribution in [0.2, 0.25) is 0 Å². The molecule has 94 valence electrons. The van der Waals surface area contributed by atoms with Crippen molar-refractivity contribution in [3.63, 3.8) is 0 Å². The average Bonchev–Trinajstić information content (AvgIpc) is 3.16. The molecular formula is C13H18FNO2. The highest BCUT2D eigenvalue weighted by Gasteiger charge is 2.33. The highest BCUT2D eigenvalue weighted by Crippen LogP contribution is 2.43. The van der Waals surface area contributed by atoms with Gasteiger partial charge >= 0.3 is 0 Å². The number of benzene rings is 1. The van der Waals surface area contributed by atoms with E-state index in [0.29, 0.717) is 23.0 Å². The molecule has 3 nitrogen and oxygen atoms in total. The Hall–Kier alpha value is -1.29. The molecule has 1 aromatic carbocycles. The van der Waals surface area contributed by atoms with E-state index in [-0.39, 0.29) is 11.9 Å². The molecule has 0 amide bonds. The molecule has 1 fully saturated rings. The lowest BCUT2D eigenvalue weighted by Gasteiger charge is -2.18. The normalized spacial score (nSPS) is 16.7. The van der Waals surface area contributed by atoms with E-state index >= 15 is 0 Å². The van der Waals surface area contributed by atoms with Gasteiger partial charge in [-0.05, 0) is 31.9 Å². The predicted octanol–water partition coefficient (Wildman–Crippen LogP) is 2.51. The van der Waals surface area contributed by atoms with Crippen LogP contribution >= 0.6 is 0 Å². The van der Waals surface area contributed by atoms with Gasteiger partial charge in [-0.15, -0.1) is 0 Å². The fourth-order valence-corrected chi connectivity index (χ4v) is 2.18. The molecule has 0 radical (unpaired) electrons. The maximum Gasteiger partial charge on any atom is 0.163 e. The zero-order valence-corrected chi connectivity index (χ0v) is 10.4. The Balaban J connectivity index is 2.38. The van der Waals surface area contributed by atoms with Crippen LogP contribution in [0.5, 0.6) is 11.5 Å². The van der Waals surface area contributed by atoms with Gasteiger partial charge in [0.05, 0.1) is 14.2 Å². The molecule has 1 aliphatic carbocycles. The molecule has 0 bridgehead atoms. The van der Waals surface area contributed by atoms with Crippen molar-refractivity contribution in [3.8, 4) is 11.5 Å². The van der Waals surface area contributed by atoms with E-state index in [0.717, 1.165) is 12.8 Å². The van der Waals surface area contributed by atoms with E-state index in [1.165, 1.54) is 13.2 Å². The second-order valence-electron chi connectivity index (χ2n) is 4.33. The molecule has 1 atom stereocenters. The maximum absolute atomic E-state index is 14.0. The number of hydrogen-bond acceptors (Lipinski definition) is 3. The lowest BCUT2D eigenvalue weighted by Crippen LogP contribution is -2.19. The van der Waals surface area contributed by atoms with E-state index in [2.05, 4.69) is 5.32 Å². The minimum atomic E-state index is -0.242. The molecule has 1 N–H and O–H groups in total. The van der Waals surface area contributed by atoms with E-state index in [1.54, 1.807) is 13.2 Å². The minimum Gasteiger partial charge on any atom is -0.493 e. The zero-order valence-electron chi connectivity index (χ0n) is 10.4. The Morgan fingerprint density at radius 3 is 2.29 bits per heavy atom. The van der Waals surface area contributed by atoms with Gasteiger partial charge in [0.25, 0.3) is 0 Å². The van der Waals surface area contributed by atoms with Crippen LogP contribution in [0.4, 0.5) is 4.39 Å². The van der Waals surface area contributed by atoms with Gasteiger partial charge in [0, 0.05) is 17.7 Å². The summed E-state index contributed by atoms with van der Waals surface area (Å²) in [6, 6.07) is 3.18. The van der Waals surface area contributed by atoms with E-state index in [9.17, 15) is 4.39 Å². The monoisotopic (exact) mass is 239 g/mol. The van der Waals surface area contributed by atoms with Gasteiger partial charge in [-0.2, -0.15) is 0 Å². The van der Waals surface area contributed by atoms with Crippen molar-refractivity contribution in [2.45, 2.75) is 18.9 Å². The summed E-state index contributed by atoms with van der Waals surface area (Å²) in [5.41, 5.74) is 0.660. The lowest BCUT2D eigenvalue weighted by atomic mass is 10.0. The standard InChI is InChI=1S/C13H18FNO2/c1-15-13(8-4-5-8)9-6-11(16-2)12(17-3)7-10(9)14/h6-8,13,15H,4-5H2,1-3H3. The van der Waals surface area contributed by atoms with Gasteiger partial charge in [-0.25, -0.2) is 4.39 Å². The van der Waals surface area contributed by atoms with Crippen LogP contribution in [0.1, 0.15) is 24.4 Å². The molecular weight excluding hydrogens is 221 g/mol. The molecule has 0 saturated heterocycles. The first-order valence-electron chi connectivity index (χ1n) is 5.80. The average molecular weight is 239 g/mol. The summed E-state index contributed by atoms with van der Waals surface area (Å²) >= 11 is 0. The van der Waals surface area contributed by atoms with Crippen LogP contribution in [0.25, 0.3) is 0 Å². The summed E-state index contributed by atoms with van der Waals surface area (Å²) in [5, 5.41) is 3.17. The van der Waals surface area contributed by atoms with Gasteiger partial charge in [0.15, 0.2) is 11.5 Å². The maximum atomic E-state index is 14.0. The fraction of sp³-hybridized carbons (Fsp3) is 0.538. The first-order chi connectivity index (χ1) is 8.21. The van der Waals surface area contributed by atoms with E-state index in [1.807, 2.05) is 7.05 Å². The first kappa shape index (κ1) is 12.2. The second kappa shape index (κ2) is 4.92. The van der Waals surface area contributed by atoms with Crippen LogP contribution in [0, 0.1) is 11.7 Å². The molecule has 0 spiro atoms. The quantitative estimate of drug-likeness (QED) is 0.856. The molecule has 1 aliphatic rings. The number of rotatable bonds is 5. The van der Waals surface area contributed by atoms with Crippen molar-refractivity contribution in [2.75, 3.05) is 21.3 Å². The SMILES string of the molecule is CNC(c1cc(OC)c(OC)cc1F)C1CC1. The molecule has 0 aromatic heterocycles. The highest BCUT2D eigenvalue weighted by molar-refractivity contribution is 5.45. The third kappa shape index (κ3) is 2.36. The molecule has 1 saturated carbocycles.